The number of anilines is 1. The summed E-state index contributed by atoms with van der Waals surface area (Å²) in [6.07, 6.45) is -4.90. The Morgan fingerprint density at radius 1 is 1.16 bits per heavy atom. The average Bonchev–Trinajstić information content (AvgIpc) is 3.04. The predicted molar refractivity (Wildman–Crippen MR) is 115 cm³/mol. The molecule has 0 aliphatic rings. The maximum atomic E-state index is 13.6. The molecular formula is C21H18ClF4N3O2S. The number of benzene rings is 2. The van der Waals surface area contributed by atoms with E-state index in [4.69, 9.17) is 16.7 Å². The van der Waals surface area contributed by atoms with Crippen LogP contribution in [0.4, 0.5) is 23.2 Å². The number of rotatable bonds is 6. The van der Waals surface area contributed by atoms with E-state index in [1.54, 1.807) is 0 Å². The zero-order valence-electron chi connectivity index (χ0n) is 16.7. The summed E-state index contributed by atoms with van der Waals surface area (Å²) < 4.78 is 66.6. The summed E-state index contributed by atoms with van der Waals surface area (Å²) in [5.41, 5.74) is -0.387. The van der Waals surface area contributed by atoms with Gasteiger partial charge in [-0.3, -0.25) is 9.18 Å². The van der Waals surface area contributed by atoms with Gasteiger partial charge < -0.3 is 9.88 Å². The summed E-state index contributed by atoms with van der Waals surface area (Å²) in [6.45, 7) is 0.656. The molecule has 0 radical (unpaired) electrons. The molecule has 1 amide bonds. The van der Waals surface area contributed by atoms with Crippen LogP contribution in [-0.4, -0.2) is 21.4 Å². The van der Waals surface area contributed by atoms with E-state index in [1.165, 1.54) is 54.0 Å². The molecule has 0 spiro atoms. The van der Waals surface area contributed by atoms with Crippen LogP contribution < -0.4 is 10.5 Å². The monoisotopic (exact) mass is 487 g/mol. The number of alkyl halides is 4. The second kappa shape index (κ2) is 9.43. The standard InChI is InChI=1S/C21H18ClF4N3O2S/c1-12-17(20(30)28-14-3-5-16(6-4-14)32(27)31)11-15(8-9-23)29(12)19-7-2-13(22)10-18(19)21(24,25)26/h2-7,10-11H,8-9,27H2,1H3,(H,28,30). The topological polar surface area (TPSA) is 77.1 Å². The molecule has 0 saturated carbocycles. The fourth-order valence-electron chi connectivity index (χ4n) is 3.32. The Kier molecular flexibility index (Phi) is 7.06. The van der Waals surface area contributed by atoms with Gasteiger partial charge in [0.25, 0.3) is 5.91 Å². The second-order valence-electron chi connectivity index (χ2n) is 6.84. The number of halogens is 5. The summed E-state index contributed by atoms with van der Waals surface area (Å²) in [4.78, 5) is 13.2. The van der Waals surface area contributed by atoms with Gasteiger partial charge >= 0.3 is 6.18 Å². The third-order valence-corrected chi connectivity index (χ3v) is 5.74. The summed E-state index contributed by atoms with van der Waals surface area (Å²) in [5.74, 6) is -0.592. The van der Waals surface area contributed by atoms with Gasteiger partial charge in [-0.1, -0.05) is 11.6 Å². The van der Waals surface area contributed by atoms with Crippen molar-refractivity contribution in [1.82, 2.24) is 4.57 Å². The van der Waals surface area contributed by atoms with Gasteiger partial charge in [-0.25, -0.2) is 9.35 Å². The van der Waals surface area contributed by atoms with Crippen LogP contribution in [0.15, 0.2) is 53.4 Å². The summed E-state index contributed by atoms with van der Waals surface area (Å²) >= 11 is 5.77. The maximum Gasteiger partial charge on any atom is 0.418 e. The molecule has 1 unspecified atom stereocenters. The minimum absolute atomic E-state index is 0.0861. The van der Waals surface area contributed by atoms with E-state index in [9.17, 15) is 26.6 Å². The first-order chi connectivity index (χ1) is 15.0. The van der Waals surface area contributed by atoms with Gasteiger partial charge in [-0.05, 0) is 55.5 Å². The number of aryl methyl sites for hydroxylation is 1. The van der Waals surface area contributed by atoms with E-state index >= 15 is 0 Å². The molecule has 2 aromatic carbocycles. The molecule has 0 bridgehead atoms. The van der Waals surface area contributed by atoms with Gasteiger partial charge in [0.2, 0.25) is 0 Å². The first-order valence-electron chi connectivity index (χ1n) is 9.24. The van der Waals surface area contributed by atoms with Gasteiger partial charge in [0.1, 0.15) is 11.0 Å². The lowest BCUT2D eigenvalue weighted by Crippen LogP contribution is -2.15. The van der Waals surface area contributed by atoms with Gasteiger partial charge in [0.15, 0.2) is 0 Å². The van der Waals surface area contributed by atoms with E-state index in [2.05, 4.69) is 5.32 Å². The minimum Gasteiger partial charge on any atom is -0.322 e. The SMILES string of the molecule is Cc1c(C(=O)Nc2ccc(S(N)=O)cc2)cc(CCF)n1-c1ccc(Cl)cc1C(F)(F)F. The van der Waals surface area contributed by atoms with Crippen molar-refractivity contribution in [2.24, 2.45) is 5.14 Å². The van der Waals surface area contributed by atoms with Crippen LogP contribution in [0.1, 0.15) is 27.3 Å². The van der Waals surface area contributed by atoms with Crippen molar-refractivity contribution in [3.8, 4) is 5.69 Å². The molecule has 0 aliphatic carbocycles. The Morgan fingerprint density at radius 3 is 2.38 bits per heavy atom. The van der Waals surface area contributed by atoms with Crippen LogP contribution >= 0.6 is 11.6 Å². The number of aromatic nitrogens is 1. The van der Waals surface area contributed by atoms with Gasteiger partial charge in [0, 0.05) is 28.5 Å². The average molecular weight is 488 g/mol. The Hall–Kier alpha value is -2.69. The molecule has 0 saturated heterocycles. The first-order valence-corrected chi connectivity index (χ1v) is 10.8. The Bertz CT molecular complexity index is 1180. The summed E-state index contributed by atoms with van der Waals surface area (Å²) in [6, 6.07) is 10.6. The molecule has 3 rings (SSSR count). The first kappa shape index (κ1) is 24.0. The van der Waals surface area contributed by atoms with E-state index in [0.29, 0.717) is 10.6 Å². The lowest BCUT2D eigenvalue weighted by molar-refractivity contribution is -0.137. The number of hydrogen-bond donors (Lipinski definition) is 2. The number of hydrogen-bond acceptors (Lipinski definition) is 2. The number of carbonyl (C=O) groups is 1. The van der Waals surface area contributed by atoms with Crippen molar-refractivity contribution in [3.63, 3.8) is 0 Å². The molecule has 5 nitrogen and oxygen atoms in total. The van der Waals surface area contributed by atoms with Crippen LogP contribution in [-0.2, 0) is 23.6 Å². The molecule has 3 N–H and O–H groups in total. The predicted octanol–water partition coefficient (Wildman–Crippen LogP) is 5.20. The summed E-state index contributed by atoms with van der Waals surface area (Å²) in [5, 5.41) is 7.82. The number of nitrogens with zero attached hydrogens (tertiary/aromatic N) is 1. The number of nitrogens with two attached hydrogens (primary N) is 1. The van der Waals surface area contributed by atoms with Crippen LogP contribution in [0.25, 0.3) is 5.69 Å². The van der Waals surface area contributed by atoms with E-state index in [1.807, 2.05) is 0 Å². The Labute approximate surface area is 188 Å². The summed E-state index contributed by atoms with van der Waals surface area (Å²) in [7, 11) is -1.68. The molecule has 3 aromatic rings. The molecule has 0 aliphatic heterocycles. The molecule has 1 aromatic heterocycles. The lowest BCUT2D eigenvalue weighted by Gasteiger charge is -2.18. The second-order valence-corrected chi connectivity index (χ2v) is 8.35. The third-order valence-electron chi connectivity index (χ3n) is 4.77. The normalized spacial score (nSPS) is 12.6. The molecule has 32 heavy (non-hydrogen) atoms. The number of nitrogens with one attached hydrogen (secondary N) is 1. The fraction of sp³-hybridized carbons (Fsp3) is 0.190. The van der Waals surface area contributed by atoms with Gasteiger partial charge in [-0.15, -0.1) is 0 Å². The zero-order valence-corrected chi connectivity index (χ0v) is 18.2. The molecule has 1 atom stereocenters. The van der Waals surface area contributed by atoms with Crippen molar-refractivity contribution in [2.75, 3.05) is 12.0 Å². The minimum atomic E-state index is -4.71. The van der Waals surface area contributed by atoms with Crippen molar-refractivity contribution in [2.45, 2.75) is 24.4 Å². The largest absolute Gasteiger partial charge is 0.418 e. The highest BCUT2D eigenvalue weighted by Gasteiger charge is 2.35. The van der Waals surface area contributed by atoms with Crippen LogP contribution in [0.3, 0.4) is 0 Å². The molecule has 170 valence electrons. The molecule has 11 heteroatoms. The van der Waals surface area contributed by atoms with Crippen LogP contribution in [0, 0.1) is 6.92 Å². The van der Waals surface area contributed by atoms with Crippen molar-refractivity contribution >= 4 is 34.2 Å². The van der Waals surface area contributed by atoms with Crippen LogP contribution in [0.2, 0.25) is 5.02 Å². The van der Waals surface area contributed by atoms with E-state index < -0.39 is 35.3 Å². The number of carbonyl (C=O) groups excluding carboxylic acids is 1. The highest BCUT2D eigenvalue weighted by Crippen LogP contribution is 2.37. The Balaban J connectivity index is 2.05. The zero-order chi connectivity index (χ0) is 23.6. The van der Waals surface area contributed by atoms with Crippen molar-refractivity contribution < 1.29 is 26.6 Å². The number of amides is 1. The van der Waals surface area contributed by atoms with Crippen LogP contribution in [0.5, 0.6) is 0 Å². The molecule has 0 fully saturated rings. The molecule has 1 heterocycles. The third kappa shape index (κ3) is 5.03. The highest BCUT2D eigenvalue weighted by molar-refractivity contribution is 7.82. The molecular weight excluding hydrogens is 470 g/mol. The van der Waals surface area contributed by atoms with Gasteiger partial charge in [0.05, 0.1) is 28.4 Å². The Morgan fingerprint density at radius 2 is 1.81 bits per heavy atom. The fourth-order valence-corrected chi connectivity index (χ4v) is 3.90. The van der Waals surface area contributed by atoms with Gasteiger partial charge in [-0.2, -0.15) is 13.2 Å². The van der Waals surface area contributed by atoms with E-state index in [-0.39, 0.29) is 34.1 Å². The van der Waals surface area contributed by atoms with Crippen molar-refractivity contribution in [1.29, 1.82) is 0 Å². The smallest absolute Gasteiger partial charge is 0.322 e. The highest BCUT2D eigenvalue weighted by atomic mass is 35.5. The maximum absolute atomic E-state index is 13.6. The quantitative estimate of drug-likeness (QED) is 0.469. The van der Waals surface area contributed by atoms with E-state index in [0.717, 1.165) is 6.07 Å². The lowest BCUT2D eigenvalue weighted by atomic mass is 10.1. The van der Waals surface area contributed by atoms with Crippen molar-refractivity contribution in [3.05, 3.63) is 76.1 Å².